The maximum absolute atomic E-state index is 11.5. The summed E-state index contributed by atoms with van der Waals surface area (Å²) in [6.07, 6.45) is 4.56. The number of benzene rings is 1. The van der Waals surface area contributed by atoms with Gasteiger partial charge in [-0.25, -0.2) is 5.43 Å². The highest BCUT2D eigenvalue weighted by molar-refractivity contribution is 5.85. The molecule has 22 heavy (non-hydrogen) atoms. The summed E-state index contributed by atoms with van der Waals surface area (Å²) in [6.45, 7) is 0. The second-order valence-corrected chi connectivity index (χ2v) is 4.84. The summed E-state index contributed by atoms with van der Waals surface area (Å²) in [5.41, 5.74) is 2.63. The molecule has 7 nitrogen and oxygen atoms in total. The lowest BCUT2D eigenvalue weighted by Crippen LogP contribution is -2.16. The van der Waals surface area contributed by atoms with Gasteiger partial charge in [-0.15, -0.1) is 0 Å². The van der Waals surface area contributed by atoms with Gasteiger partial charge in [0.05, 0.1) is 6.21 Å². The molecule has 0 spiro atoms. The van der Waals surface area contributed by atoms with Gasteiger partial charge in [-0.1, -0.05) is 12.8 Å². The number of phenolic OH excluding ortho intramolecular Hbond substituents is 2. The Hall–Kier alpha value is -2.57. The second-order valence-electron chi connectivity index (χ2n) is 4.84. The van der Waals surface area contributed by atoms with Crippen molar-refractivity contribution in [2.75, 3.05) is 0 Å². The number of phenols is 2. The van der Waals surface area contributed by atoms with E-state index in [2.05, 4.69) is 10.5 Å². The average Bonchev–Trinajstić information content (AvgIpc) is 2.46. The molecule has 120 valence electrons. The Bertz CT molecular complexity index is 543. The summed E-state index contributed by atoms with van der Waals surface area (Å²) in [4.78, 5) is 21.8. The molecule has 7 heteroatoms. The summed E-state index contributed by atoms with van der Waals surface area (Å²) in [5.74, 6) is -1.11. The van der Waals surface area contributed by atoms with Gasteiger partial charge in [0.25, 0.3) is 0 Å². The monoisotopic (exact) mass is 308 g/mol. The van der Waals surface area contributed by atoms with E-state index >= 15 is 0 Å². The molecule has 0 fully saturated rings. The molecule has 1 aromatic rings. The van der Waals surface area contributed by atoms with Crippen LogP contribution in [0.25, 0.3) is 0 Å². The number of aliphatic carboxylic acids is 1. The van der Waals surface area contributed by atoms with Gasteiger partial charge in [0.1, 0.15) is 11.5 Å². The minimum atomic E-state index is -0.803. The van der Waals surface area contributed by atoms with E-state index in [1.165, 1.54) is 24.4 Å². The number of nitrogens with zero attached hydrogens (tertiary/aromatic N) is 1. The van der Waals surface area contributed by atoms with Crippen LogP contribution in [-0.2, 0) is 9.59 Å². The van der Waals surface area contributed by atoms with Crippen molar-refractivity contribution in [3.63, 3.8) is 0 Å². The van der Waals surface area contributed by atoms with Crippen LogP contribution in [0.4, 0.5) is 0 Å². The molecule has 0 aliphatic heterocycles. The summed E-state index contributed by atoms with van der Waals surface area (Å²) in [7, 11) is 0. The summed E-state index contributed by atoms with van der Waals surface area (Å²) < 4.78 is 0. The van der Waals surface area contributed by atoms with Crippen LogP contribution in [0.5, 0.6) is 11.5 Å². The number of rotatable bonds is 9. The number of unbranched alkanes of at least 4 members (excludes halogenated alkanes) is 3. The number of carbonyl (C=O) groups excluding carboxylic acids is 1. The Morgan fingerprint density at radius 3 is 2.45 bits per heavy atom. The smallest absolute Gasteiger partial charge is 0.303 e. The normalized spacial score (nSPS) is 10.7. The zero-order valence-electron chi connectivity index (χ0n) is 12.2. The molecule has 0 saturated carbocycles. The van der Waals surface area contributed by atoms with Crippen LogP contribution in [-0.4, -0.2) is 33.4 Å². The number of carbonyl (C=O) groups is 2. The molecule has 1 amide bonds. The minimum Gasteiger partial charge on any atom is -0.508 e. The van der Waals surface area contributed by atoms with E-state index in [1.54, 1.807) is 0 Å². The lowest BCUT2D eigenvalue weighted by molar-refractivity contribution is -0.137. The predicted octanol–water partition coefficient (Wildman–Crippen LogP) is 1.97. The first kappa shape index (κ1) is 17.5. The number of hydrogen-bond acceptors (Lipinski definition) is 5. The molecule has 0 saturated heterocycles. The molecule has 0 aliphatic carbocycles. The topological polar surface area (TPSA) is 119 Å². The first-order valence-corrected chi connectivity index (χ1v) is 7.04. The average molecular weight is 308 g/mol. The fraction of sp³-hybridized carbons (Fsp3) is 0.400. The van der Waals surface area contributed by atoms with E-state index in [0.717, 1.165) is 12.8 Å². The van der Waals surface area contributed by atoms with Gasteiger partial charge >= 0.3 is 5.97 Å². The van der Waals surface area contributed by atoms with Crippen molar-refractivity contribution in [2.45, 2.75) is 38.5 Å². The first-order valence-electron chi connectivity index (χ1n) is 7.04. The summed E-state index contributed by atoms with van der Waals surface area (Å²) in [5, 5.41) is 31.0. The van der Waals surface area contributed by atoms with Gasteiger partial charge in [-0.05, 0) is 31.0 Å². The third-order valence-corrected chi connectivity index (χ3v) is 2.95. The Morgan fingerprint density at radius 1 is 1.09 bits per heavy atom. The highest BCUT2D eigenvalue weighted by Gasteiger charge is 2.02. The molecule has 0 aliphatic rings. The highest BCUT2D eigenvalue weighted by atomic mass is 16.4. The van der Waals surface area contributed by atoms with Crippen LogP contribution in [0.1, 0.15) is 44.1 Å². The van der Waals surface area contributed by atoms with Crippen LogP contribution < -0.4 is 5.43 Å². The lowest BCUT2D eigenvalue weighted by atomic mass is 10.1. The van der Waals surface area contributed by atoms with Crippen LogP contribution in [0.3, 0.4) is 0 Å². The SMILES string of the molecule is O=C(O)CCCCCCC(=O)N/N=C/c1cc(O)ccc1O. The third-order valence-electron chi connectivity index (χ3n) is 2.95. The Labute approximate surface area is 128 Å². The Kier molecular flexibility index (Phi) is 7.45. The van der Waals surface area contributed by atoms with Crippen molar-refractivity contribution >= 4 is 18.1 Å². The zero-order valence-corrected chi connectivity index (χ0v) is 12.2. The lowest BCUT2D eigenvalue weighted by Gasteiger charge is -2.01. The molecule has 0 atom stereocenters. The van der Waals surface area contributed by atoms with E-state index in [-0.39, 0.29) is 23.8 Å². The van der Waals surface area contributed by atoms with E-state index in [0.29, 0.717) is 24.8 Å². The predicted molar refractivity (Wildman–Crippen MR) is 80.8 cm³/mol. The van der Waals surface area contributed by atoms with Crippen LogP contribution in [0, 0.1) is 0 Å². The first-order chi connectivity index (χ1) is 10.5. The number of hydrogen-bond donors (Lipinski definition) is 4. The van der Waals surface area contributed by atoms with Crippen molar-refractivity contribution in [3.8, 4) is 11.5 Å². The minimum absolute atomic E-state index is 0.00747. The van der Waals surface area contributed by atoms with Crippen LogP contribution in [0.15, 0.2) is 23.3 Å². The largest absolute Gasteiger partial charge is 0.508 e. The third kappa shape index (κ3) is 7.28. The highest BCUT2D eigenvalue weighted by Crippen LogP contribution is 2.19. The van der Waals surface area contributed by atoms with Crippen LogP contribution >= 0.6 is 0 Å². The Balaban J connectivity index is 2.21. The van der Waals surface area contributed by atoms with Gasteiger partial charge in [-0.2, -0.15) is 5.10 Å². The van der Waals surface area contributed by atoms with Gasteiger partial charge < -0.3 is 15.3 Å². The molecule has 1 aromatic carbocycles. The van der Waals surface area contributed by atoms with Gasteiger partial charge in [0, 0.05) is 18.4 Å². The zero-order chi connectivity index (χ0) is 16.4. The number of amides is 1. The number of nitrogens with one attached hydrogen (secondary N) is 1. The van der Waals surface area contributed by atoms with Crippen molar-refractivity contribution in [1.29, 1.82) is 0 Å². The number of hydrazone groups is 1. The molecule has 0 aromatic heterocycles. The van der Waals surface area contributed by atoms with Gasteiger partial charge in [-0.3, -0.25) is 9.59 Å². The van der Waals surface area contributed by atoms with Crippen LogP contribution in [0.2, 0.25) is 0 Å². The standard InChI is InChI=1S/C15H20N2O5/c18-12-7-8-13(19)11(9-12)10-16-17-14(20)5-3-1-2-4-6-15(21)22/h7-10,18-19H,1-6H2,(H,17,20)(H,21,22)/b16-10+. The molecule has 1 rings (SSSR count). The maximum Gasteiger partial charge on any atom is 0.303 e. The molecule has 0 heterocycles. The molecule has 0 unspecified atom stereocenters. The van der Waals surface area contributed by atoms with Crippen molar-refractivity contribution in [3.05, 3.63) is 23.8 Å². The summed E-state index contributed by atoms with van der Waals surface area (Å²) >= 11 is 0. The van der Waals surface area contributed by atoms with Crippen molar-refractivity contribution in [1.82, 2.24) is 5.43 Å². The van der Waals surface area contributed by atoms with E-state index in [1.807, 2.05) is 0 Å². The molecular formula is C15H20N2O5. The van der Waals surface area contributed by atoms with E-state index in [4.69, 9.17) is 5.11 Å². The van der Waals surface area contributed by atoms with E-state index < -0.39 is 5.97 Å². The fourth-order valence-electron chi connectivity index (χ4n) is 1.79. The quantitative estimate of drug-likeness (QED) is 0.241. The maximum atomic E-state index is 11.5. The number of carboxylic acid groups (broad SMARTS) is 1. The van der Waals surface area contributed by atoms with Crippen molar-refractivity contribution < 1.29 is 24.9 Å². The van der Waals surface area contributed by atoms with Crippen molar-refractivity contribution in [2.24, 2.45) is 5.10 Å². The Morgan fingerprint density at radius 2 is 1.77 bits per heavy atom. The fourth-order valence-corrected chi connectivity index (χ4v) is 1.79. The van der Waals surface area contributed by atoms with Gasteiger partial charge in [0.2, 0.25) is 5.91 Å². The summed E-state index contributed by atoms with van der Waals surface area (Å²) in [6, 6.07) is 4.00. The number of aromatic hydroxyl groups is 2. The number of carboxylic acids is 1. The molecule has 0 bridgehead atoms. The second kappa shape index (κ2) is 9.38. The molecule has 0 radical (unpaired) electrons. The van der Waals surface area contributed by atoms with Gasteiger partial charge in [0.15, 0.2) is 0 Å². The van der Waals surface area contributed by atoms with E-state index in [9.17, 15) is 19.8 Å². The molecular weight excluding hydrogens is 288 g/mol. The molecule has 4 N–H and O–H groups in total.